The van der Waals surface area contributed by atoms with Gasteiger partial charge in [-0.1, -0.05) is 12.1 Å². The Labute approximate surface area is 194 Å². The van der Waals surface area contributed by atoms with Crippen LogP contribution in [0.1, 0.15) is 42.3 Å². The largest absolute Gasteiger partial charge is 0.466 e. The summed E-state index contributed by atoms with van der Waals surface area (Å²) in [5.41, 5.74) is 0.103. The predicted octanol–water partition coefficient (Wildman–Crippen LogP) is 2.91. The van der Waals surface area contributed by atoms with Gasteiger partial charge in [0.25, 0.3) is 0 Å². The number of esters is 1. The van der Waals surface area contributed by atoms with Gasteiger partial charge in [0.1, 0.15) is 5.82 Å². The lowest BCUT2D eigenvalue weighted by Gasteiger charge is -2.35. The van der Waals surface area contributed by atoms with Crippen molar-refractivity contribution in [2.45, 2.75) is 51.5 Å². The van der Waals surface area contributed by atoms with Crippen LogP contribution in [0.5, 0.6) is 0 Å². The predicted molar refractivity (Wildman–Crippen MR) is 113 cm³/mol. The first-order chi connectivity index (χ1) is 16.2. The van der Waals surface area contributed by atoms with Crippen molar-refractivity contribution in [3.63, 3.8) is 0 Å². The van der Waals surface area contributed by atoms with Crippen LogP contribution in [0.3, 0.4) is 0 Å². The lowest BCUT2D eigenvalue weighted by molar-refractivity contribution is -0.151. The fourth-order valence-electron chi connectivity index (χ4n) is 4.39. The molecule has 7 nitrogen and oxygen atoms in total. The maximum absolute atomic E-state index is 13.6. The zero-order valence-electron chi connectivity index (χ0n) is 18.7. The van der Waals surface area contributed by atoms with Crippen LogP contribution >= 0.6 is 0 Å². The second-order valence-electron chi connectivity index (χ2n) is 8.62. The number of aromatic nitrogens is 2. The molecule has 0 atom stereocenters. The van der Waals surface area contributed by atoms with E-state index in [0.29, 0.717) is 30.7 Å². The van der Waals surface area contributed by atoms with Crippen molar-refractivity contribution in [1.29, 1.82) is 0 Å². The maximum Gasteiger partial charge on any atom is 0.435 e. The highest BCUT2D eigenvalue weighted by Crippen LogP contribution is 2.35. The molecule has 0 bridgehead atoms. The molecule has 1 aromatic heterocycles. The first-order valence-corrected chi connectivity index (χ1v) is 11.2. The fraction of sp³-hybridized carbons (Fsp3) is 0.522. The summed E-state index contributed by atoms with van der Waals surface area (Å²) >= 11 is 0. The van der Waals surface area contributed by atoms with E-state index in [4.69, 9.17) is 4.74 Å². The van der Waals surface area contributed by atoms with Gasteiger partial charge in [-0.05, 0) is 43.9 Å². The van der Waals surface area contributed by atoms with Gasteiger partial charge in [0.15, 0.2) is 5.69 Å². The van der Waals surface area contributed by atoms with Crippen molar-refractivity contribution >= 4 is 11.9 Å². The first-order valence-electron chi connectivity index (χ1n) is 11.2. The molecule has 4 rings (SSSR count). The van der Waals surface area contributed by atoms with E-state index in [1.54, 1.807) is 6.92 Å². The third-order valence-electron chi connectivity index (χ3n) is 6.31. The van der Waals surface area contributed by atoms with E-state index in [-0.39, 0.29) is 62.0 Å². The molecule has 0 unspecified atom stereocenters. The van der Waals surface area contributed by atoms with Crippen molar-refractivity contribution in [1.82, 2.24) is 20.0 Å². The van der Waals surface area contributed by atoms with Crippen LogP contribution < -0.4 is 5.32 Å². The van der Waals surface area contributed by atoms with Crippen LogP contribution in [0.15, 0.2) is 24.3 Å². The minimum atomic E-state index is -4.61. The Hall–Kier alpha value is -2.95. The standard InChI is InChI=1S/C23H26F4N4O3/c1-2-34-22(33)15-9-17(10-15)28-11-20(32)30-8-7-18-19(13-30)31(29-21(18)23(25,26)27)12-14-3-5-16(24)6-4-14/h3-6,15,17,28H,2,7-13H2,1H3/t15-,17+. The van der Waals surface area contributed by atoms with Crippen LogP contribution in [0, 0.1) is 11.7 Å². The summed E-state index contributed by atoms with van der Waals surface area (Å²) < 4.78 is 60.2. The molecule has 1 aromatic carbocycles. The fourth-order valence-corrected chi connectivity index (χ4v) is 4.39. The van der Waals surface area contributed by atoms with E-state index in [2.05, 4.69) is 10.4 Å². The number of fused-ring (bicyclic) bond motifs is 1. The van der Waals surface area contributed by atoms with Gasteiger partial charge >= 0.3 is 12.1 Å². The minimum Gasteiger partial charge on any atom is -0.466 e. The van der Waals surface area contributed by atoms with Gasteiger partial charge in [0.05, 0.1) is 37.9 Å². The normalized spacial score (nSPS) is 20.0. The van der Waals surface area contributed by atoms with Gasteiger partial charge in [0, 0.05) is 18.2 Å². The van der Waals surface area contributed by atoms with Gasteiger partial charge in [-0.15, -0.1) is 0 Å². The Kier molecular flexibility index (Phi) is 6.92. The van der Waals surface area contributed by atoms with Gasteiger partial charge in [-0.3, -0.25) is 14.3 Å². The molecule has 1 N–H and O–H groups in total. The van der Waals surface area contributed by atoms with Crippen LogP contribution in [0.4, 0.5) is 17.6 Å². The molecule has 1 saturated carbocycles. The third-order valence-corrected chi connectivity index (χ3v) is 6.31. The van der Waals surface area contributed by atoms with Gasteiger partial charge in [-0.25, -0.2) is 4.39 Å². The third kappa shape index (κ3) is 5.24. The van der Waals surface area contributed by atoms with Crippen LogP contribution in [-0.4, -0.2) is 52.3 Å². The van der Waals surface area contributed by atoms with E-state index in [9.17, 15) is 27.2 Å². The van der Waals surface area contributed by atoms with E-state index in [0.717, 1.165) is 0 Å². The number of halogens is 4. The summed E-state index contributed by atoms with van der Waals surface area (Å²) in [4.78, 5) is 26.0. The van der Waals surface area contributed by atoms with E-state index >= 15 is 0 Å². The molecular formula is C23H26F4N4O3. The summed E-state index contributed by atoms with van der Waals surface area (Å²) in [6.07, 6.45) is -3.37. The Bertz CT molecular complexity index is 1050. The highest BCUT2D eigenvalue weighted by Gasteiger charge is 2.41. The number of carbonyl (C=O) groups excluding carboxylic acids is 2. The molecule has 11 heteroatoms. The van der Waals surface area contributed by atoms with E-state index < -0.39 is 17.7 Å². The van der Waals surface area contributed by atoms with Crippen LogP contribution in [0.25, 0.3) is 0 Å². The van der Waals surface area contributed by atoms with E-state index in [1.165, 1.54) is 33.8 Å². The van der Waals surface area contributed by atoms with Crippen molar-refractivity contribution in [3.8, 4) is 0 Å². The minimum absolute atomic E-state index is 0.0102. The Balaban J connectivity index is 1.41. The monoisotopic (exact) mass is 482 g/mol. The lowest BCUT2D eigenvalue weighted by atomic mass is 9.80. The first kappa shape index (κ1) is 24.2. The van der Waals surface area contributed by atoms with Gasteiger partial charge in [-0.2, -0.15) is 18.3 Å². The smallest absolute Gasteiger partial charge is 0.435 e. The Morgan fingerprint density at radius 2 is 1.91 bits per heavy atom. The molecule has 2 aliphatic rings. The van der Waals surface area contributed by atoms with Crippen LogP contribution in [0.2, 0.25) is 0 Å². The number of hydrogen-bond donors (Lipinski definition) is 1. The molecule has 2 aromatic rings. The van der Waals surface area contributed by atoms with Crippen molar-refractivity contribution in [2.24, 2.45) is 5.92 Å². The van der Waals surface area contributed by atoms with Gasteiger partial charge < -0.3 is 15.0 Å². The molecule has 1 aliphatic carbocycles. The Morgan fingerprint density at radius 3 is 2.56 bits per heavy atom. The summed E-state index contributed by atoms with van der Waals surface area (Å²) in [5.74, 6) is -1.06. The zero-order chi connectivity index (χ0) is 24.5. The highest BCUT2D eigenvalue weighted by atomic mass is 19.4. The summed E-state index contributed by atoms with van der Waals surface area (Å²) in [6, 6.07) is 5.50. The van der Waals surface area contributed by atoms with Crippen molar-refractivity contribution in [3.05, 3.63) is 52.6 Å². The average Bonchev–Trinajstić information content (AvgIpc) is 3.12. The number of hydrogen-bond acceptors (Lipinski definition) is 5. The van der Waals surface area contributed by atoms with E-state index in [1.807, 2.05) is 0 Å². The van der Waals surface area contributed by atoms with Crippen LogP contribution in [-0.2, 0) is 40.0 Å². The number of rotatable bonds is 7. The van der Waals surface area contributed by atoms with Crippen molar-refractivity contribution < 1.29 is 31.9 Å². The summed E-state index contributed by atoms with van der Waals surface area (Å²) in [6.45, 7) is 2.32. The summed E-state index contributed by atoms with van der Waals surface area (Å²) in [7, 11) is 0. The summed E-state index contributed by atoms with van der Waals surface area (Å²) in [5, 5.41) is 6.93. The maximum atomic E-state index is 13.6. The molecule has 1 aliphatic heterocycles. The molecular weight excluding hydrogens is 456 g/mol. The van der Waals surface area contributed by atoms with Crippen molar-refractivity contribution in [2.75, 3.05) is 19.7 Å². The zero-order valence-corrected chi connectivity index (χ0v) is 18.7. The molecule has 0 radical (unpaired) electrons. The number of nitrogens with one attached hydrogen (secondary N) is 1. The number of nitrogens with zero attached hydrogens (tertiary/aromatic N) is 3. The second kappa shape index (κ2) is 9.73. The number of carbonyl (C=O) groups is 2. The molecule has 2 heterocycles. The second-order valence-corrected chi connectivity index (χ2v) is 8.62. The number of benzene rings is 1. The quantitative estimate of drug-likeness (QED) is 0.485. The number of alkyl halides is 3. The topological polar surface area (TPSA) is 76.5 Å². The average molecular weight is 482 g/mol. The molecule has 0 spiro atoms. The molecule has 1 amide bonds. The number of ether oxygens (including phenoxy) is 1. The highest BCUT2D eigenvalue weighted by molar-refractivity contribution is 5.79. The van der Waals surface area contributed by atoms with Gasteiger partial charge in [0.2, 0.25) is 5.91 Å². The molecule has 184 valence electrons. The Morgan fingerprint density at radius 1 is 1.21 bits per heavy atom. The lowest BCUT2D eigenvalue weighted by Crippen LogP contribution is -2.49. The molecule has 1 fully saturated rings. The molecule has 0 saturated heterocycles. The molecule has 34 heavy (non-hydrogen) atoms. The SMILES string of the molecule is CCOC(=O)[C@H]1C[C@@H](NCC(=O)N2CCc3c(C(F)(F)F)nn(Cc4ccc(F)cc4)c3C2)C1. The number of amides is 1.